The fraction of sp³-hybridized carbons (Fsp3) is 0.545. The minimum absolute atomic E-state index is 0.271. The molecule has 0 spiro atoms. The van der Waals surface area contributed by atoms with E-state index in [9.17, 15) is 4.79 Å². The van der Waals surface area contributed by atoms with Crippen LogP contribution >= 0.6 is 0 Å². The van der Waals surface area contributed by atoms with Crippen LogP contribution < -0.4 is 4.74 Å². The lowest BCUT2D eigenvalue weighted by molar-refractivity contribution is -0.163. The van der Waals surface area contributed by atoms with Crippen LogP contribution in [0, 0.1) is 0 Å². The molecule has 196 valence electrons. The highest BCUT2D eigenvalue weighted by Crippen LogP contribution is 2.31. The second kappa shape index (κ2) is 14.3. The van der Waals surface area contributed by atoms with Gasteiger partial charge in [0.05, 0.1) is 0 Å². The monoisotopic (exact) mass is 490 g/mol. The van der Waals surface area contributed by atoms with Gasteiger partial charge in [0.2, 0.25) is 0 Å². The molecule has 0 radical (unpaired) electrons. The highest BCUT2D eigenvalue weighted by atomic mass is 16.6. The summed E-state index contributed by atoms with van der Waals surface area (Å²) in [4.78, 5) is 13.1. The standard InChI is InChI=1S/C33H46O3/c1-5-6-7-8-9-10-11-12-13-14-15-22-31(32(34)36-33(2,3)4)35-30-23-18-21-28-24-26-19-16-17-20-27(26)25-29(28)30/h16-21,23-25,31H,5-15,22H2,1-4H3. The van der Waals surface area contributed by atoms with Gasteiger partial charge in [-0.25, -0.2) is 4.79 Å². The van der Waals surface area contributed by atoms with E-state index in [4.69, 9.17) is 9.47 Å². The van der Waals surface area contributed by atoms with Crippen molar-refractivity contribution in [2.75, 3.05) is 0 Å². The van der Waals surface area contributed by atoms with E-state index in [0.717, 1.165) is 29.4 Å². The Morgan fingerprint density at radius 2 is 1.28 bits per heavy atom. The van der Waals surface area contributed by atoms with Crippen molar-refractivity contribution < 1.29 is 14.3 Å². The number of ether oxygens (including phenoxy) is 2. The summed E-state index contributed by atoms with van der Waals surface area (Å²) in [5.74, 6) is 0.476. The third kappa shape index (κ3) is 9.15. The molecule has 0 aliphatic rings. The van der Waals surface area contributed by atoms with E-state index in [1.165, 1.54) is 68.6 Å². The van der Waals surface area contributed by atoms with Crippen LogP contribution in [0.2, 0.25) is 0 Å². The van der Waals surface area contributed by atoms with Crippen molar-refractivity contribution in [3.8, 4) is 5.75 Å². The second-order valence-electron chi connectivity index (χ2n) is 11.1. The maximum atomic E-state index is 13.1. The van der Waals surface area contributed by atoms with E-state index in [1.807, 2.05) is 39.0 Å². The van der Waals surface area contributed by atoms with Crippen LogP contribution in [0.15, 0.2) is 54.6 Å². The number of benzene rings is 3. The summed E-state index contributed by atoms with van der Waals surface area (Å²) in [7, 11) is 0. The number of esters is 1. The average molecular weight is 491 g/mol. The Hall–Kier alpha value is -2.55. The van der Waals surface area contributed by atoms with Crippen molar-refractivity contribution >= 4 is 27.5 Å². The number of fused-ring (bicyclic) bond motifs is 2. The van der Waals surface area contributed by atoms with Gasteiger partial charge >= 0.3 is 5.97 Å². The van der Waals surface area contributed by atoms with Crippen LogP contribution in [0.25, 0.3) is 21.5 Å². The molecule has 3 aromatic rings. The Morgan fingerprint density at radius 1 is 0.722 bits per heavy atom. The fourth-order valence-electron chi connectivity index (χ4n) is 4.78. The van der Waals surface area contributed by atoms with E-state index < -0.39 is 11.7 Å². The Bertz CT molecular complexity index is 1080. The highest BCUT2D eigenvalue weighted by Gasteiger charge is 2.27. The SMILES string of the molecule is CCCCCCCCCCCCCC(Oc1cccc2cc3ccccc3cc12)C(=O)OC(C)(C)C. The predicted molar refractivity (Wildman–Crippen MR) is 153 cm³/mol. The molecule has 36 heavy (non-hydrogen) atoms. The van der Waals surface area contributed by atoms with Crippen LogP contribution in [0.4, 0.5) is 0 Å². The zero-order valence-electron chi connectivity index (χ0n) is 23.0. The van der Waals surface area contributed by atoms with Gasteiger partial charge in [0, 0.05) is 5.39 Å². The summed E-state index contributed by atoms with van der Waals surface area (Å²) in [5, 5.41) is 4.51. The van der Waals surface area contributed by atoms with E-state index in [1.54, 1.807) is 0 Å². The zero-order chi connectivity index (χ0) is 25.8. The Balaban J connectivity index is 1.58. The fourth-order valence-corrected chi connectivity index (χ4v) is 4.78. The molecule has 0 saturated carbocycles. The molecule has 3 rings (SSSR count). The van der Waals surface area contributed by atoms with Crippen LogP contribution in [0.5, 0.6) is 5.75 Å². The topological polar surface area (TPSA) is 35.5 Å². The van der Waals surface area contributed by atoms with E-state index >= 15 is 0 Å². The molecule has 0 heterocycles. The molecule has 0 aliphatic carbocycles. The molecule has 0 aliphatic heterocycles. The molecule has 0 aromatic heterocycles. The number of rotatable bonds is 15. The van der Waals surface area contributed by atoms with Crippen molar-refractivity contribution in [2.45, 2.75) is 116 Å². The minimum Gasteiger partial charge on any atom is -0.478 e. The van der Waals surface area contributed by atoms with Gasteiger partial charge in [-0.3, -0.25) is 0 Å². The van der Waals surface area contributed by atoms with Crippen LogP contribution in [0.1, 0.15) is 105 Å². The molecule has 0 bridgehead atoms. The molecular weight excluding hydrogens is 444 g/mol. The summed E-state index contributed by atoms with van der Waals surface area (Å²) >= 11 is 0. The van der Waals surface area contributed by atoms with Gasteiger partial charge in [0.25, 0.3) is 0 Å². The number of hydrogen-bond donors (Lipinski definition) is 0. The molecule has 1 atom stereocenters. The second-order valence-corrected chi connectivity index (χ2v) is 11.1. The van der Waals surface area contributed by atoms with Gasteiger partial charge in [0.1, 0.15) is 11.4 Å². The summed E-state index contributed by atoms with van der Waals surface area (Å²) in [6, 6.07) is 18.8. The van der Waals surface area contributed by atoms with Crippen molar-refractivity contribution in [3.05, 3.63) is 54.6 Å². The molecular formula is C33H46O3. The van der Waals surface area contributed by atoms with Crippen LogP contribution in [-0.2, 0) is 9.53 Å². The molecule has 0 saturated heterocycles. The number of unbranched alkanes of at least 4 members (excludes halogenated alkanes) is 10. The van der Waals surface area contributed by atoms with Gasteiger partial charge in [-0.2, -0.15) is 0 Å². The van der Waals surface area contributed by atoms with Gasteiger partial charge in [-0.1, -0.05) is 108 Å². The van der Waals surface area contributed by atoms with Gasteiger partial charge in [-0.15, -0.1) is 0 Å². The average Bonchev–Trinajstić information content (AvgIpc) is 2.84. The first kappa shape index (κ1) is 28.0. The van der Waals surface area contributed by atoms with E-state index in [-0.39, 0.29) is 5.97 Å². The third-order valence-electron chi connectivity index (χ3n) is 6.72. The summed E-state index contributed by atoms with van der Waals surface area (Å²) in [5.41, 5.74) is -0.537. The summed E-state index contributed by atoms with van der Waals surface area (Å²) < 4.78 is 12.1. The quantitative estimate of drug-likeness (QED) is 0.121. The first-order valence-corrected chi connectivity index (χ1v) is 14.2. The number of hydrogen-bond acceptors (Lipinski definition) is 3. The number of carbonyl (C=O) groups is 1. The van der Waals surface area contributed by atoms with Gasteiger partial charge < -0.3 is 9.47 Å². The molecule has 1 unspecified atom stereocenters. The Labute approximate surface area is 218 Å². The van der Waals surface area contributed by atoms with Crippen molar-refractivity contribution in [2.24, 2.45) is 0 Å². The lowest BCUT2D eigenvalue weighted by atomic mass is 10.0. The first-order chi connectivity index (χ1) is 17.4. The predicted octanol–water partition coefficient (Wildman–Crippen LogP) is 9.78. The smallest absolute Gasteiger partial charge is 0.347 e. The van der Waals surface area contributed by atoms with Crippen LogP contribution in [0.3, 0.4) is 0 Å². The lowest BCUT2D eigenvalue weighted by Crippen LogP contribution is -2.35. The van der Waals surface area contributed by atoms with E-state index in [0.29, 0.717) is 6.42 Å². The van der Waals surface area contributed by atoms with Gasteiger partial charge in [0.15, 0.2) is 6.10 Å². The highest BCUT2D eigenvalue weighted by molar-refractivity contribution is 6.01. The Kier molecular flexibility index (Phi) is 11.1. The summed E-state index contributed by atoms with van der Waals surface area (Å²) in [6.45, 7) is 8.00. The van der Waals surface area contributed by atoms with Crippen molar-refractivity contribution in [1.29, 1.82) is 0 Å². The van der Waals surface area contributed by atoms with Crippen LogP contribution in [-0.4, -0.2) is 17.7 Å². The molecule has 3 heteroatoms. The van der Waals surface area contributed by atoms with Gasteiger partial charge in [-0.05, 0) is 68.0 Å². The number of carbonyl (C=O) groups excluding carboxylic acids is 1. The minimum atomic E-state index is -0.597. The van der Waals surface area contributed by atoms with Crippen molar-refractivity contribution in [3.63, 3.8) is 0 Å². The Morgan fingerprint density at radius 3 is 1.89 bits per heavy atom. The first-order valence-electron chi connectivity index (χ1n) is 14.2. The van der Waals surface area contributed by atoms with Crippen molar-refractivity contribution in [1.82, 2.24) is 0 Å². The maximum absolute atomic E-state index is 13.1. The summed E-state index contributed by atoms with van der Waals surface area (Å²) in [6.07, 6.45) is 14.2. The largest absolute Gasteiger partial charge is 0.478 e. The molecule has 3 nitrogen and oxygen atoms in total. The maximum Gasteiger partial charge on any atom is 0.347 e. The van der Waals surface area contributed by atoms with E-state index in [2.05, 4.69) is 43.3 Å². The molecule has 0 amide bonds. The lowest BCUT2D eigenvalue weighted by Gasteiger charge is -2.25. The normalized spacial score (nSPS) is 12.7. The molecule has 0 N–H and O–H groups in total. The zero-order valence-corrected chi connectivity index (χ0v) is 23.0. The molecule has 3 aromatic carbocycles. The third-order valence-corrected chi connectivity index (χ3v) is 6.72. The molecule has 0 fully saturated rings.